The Labute approximate surface area is 135 Å². The molecule has 0 aliphatic heterocycles. The Hall–Kier alpha value is -2.32. The first-order valence-corrected chi connectivity index (χ1v) is 9.22. The third kappa shape index (κ3) is 3.22. The van der Waals surface area contributed by atoms with Crippen molar-refractivity contribution in [1.29, 1.82) is 0 Å². The number of hydrogen-bond donors (Lipinski definition) is 1. The van der Waals surface area contributed by atoms with Crippen LogP contribution in [0.25, 0.3) is 10.2 Å². The van der Waals surface area contributed by atoms with Gasteiger partial charge in [-0.25, -0.2) is 17.8 Å². The van der Waals surface area contributed by atoms with E-state index in [4.69, 9.17) is 0 Å². The molecule has 3 rings (SSSR count). The van der Waals surface area contributed by atoms with Gasteiger partial charge in [-0.2, -0.15) is 0 Å². The van der Waals surface area contributed by atoms with Crippen LogP contribution in [0, 0.1) is 5.82 Å². The Kier molecular flexibility index (Phi) is 3.87. The van der Waals surface area contributed by atoms with E-state index in [2.05, 4.69) is 10.3 Å². The minimum atomic E-state index is -3.31. The predicted octanol–water partition coefficient (Wildman–Crippen LogP) is 3.09. The molecule has 0 fully saturated rings. The molecule has 0 aliphatic carbocycles. The molecule has 0 saturated carbocycles. The second kappa shape index (κ2) is 5.71. The number of amides is 1. The number of nitrogens with one attached hydrogen (secondary N) is 1. The number of benzene rings is 2. The molecule has 2 aromatic carbocycles. The van der Waals surface area contributed by atoms with Crippen molar-refractivity contribution >= 4 is 42.4 Å². The Bertz CT molecular complexity index is 1010. The fourth-order valence-corrected chi connectivity index (χ4v) is 3.62. The van der Waals surface area contributed by atoms with Crippen molar-refractivity contribution < 1.29 is 17.6 Å². The number of anilines is 1. The number of fused-ring (bicyclic) bond motifs is 1. The van der Waals surface area contributed by atoms with Crippen LogP contribution in [0.3, 0.4) is 0 Å². The van der Waals surface area contributed by atoms with Crippen LogP contribution >= 0.6 is 11.3 Å². The van der Waals surface area contributed by atoms with E-state index in [1.807, 2.05) is 0 Å². The third-order valence-corrected chi connectivity index (χ3v) is 5.17. The fraction of sp³-hybridized carbons (Fsp3) is 0.0667. The number of sulfone groups is 1. The molecule has 0 atom stereocenters. The first kappa shape index (κ1) is 15.6. The van der Waals surface area contributed by atoms with Gasteiger partial charge in [0.25, 0.3) is 5.91 Å². The van der Waals surface area contributed by atoms with Crippen molar-refractivity contribution in [2.45, 2.75) is 4.90 Å². The molecule has 0 spiro atoms. The standard InChI is InChI=1S/C15H11FN2O3S2/c1-23(20,21)9-6-7-12-13(8-9)22-15(17-12)18-14(19)10-4-2-3-5-11(10)16/h2-8H,1H3,(H,17,18,19). The summed E-state index contributed by atoms with van der Waals surface area (Å²) in [4.78, 5) is 16.4. The molecule has 0 aliphatic rings. The lowest BCUT2D eigenvalue weighted by molar-refractivity contribution is 0.102. The summed E-state index contributed by atoms with van der Waals surface area (Å²) in [5.41, 5.74) is 0.481. The third-order valence-electron chi connectivity index (χ3n) is 3.13. The van der Waals surface area contributed by atoms with E-state index in [-0.39, 0.29) is 15.6 Å². The SMILES string of the molecule is CS(=O)(=O)c1ccc2nc(NC(=O)c3ccccc3F)sc2c1. The van der Waals surface area contributed by atoms with Crippen molar-refractivity contribution in [1.82, 2.24) is 4.98 Å². The largest absolute Gasteiger partial charge is 0.298 e. The van der Waals surface area contributed by atoms with E-state index in [1.54, 1.807) is 12.1 Å². The molecular formula is C15H11FN2O3S2. The molecular weight excluding hydrogens is 339 g/mol. The van der Waals surface area contributed by atoms with Crippen LogP contribution in [0.4, 0.5) is 9.52 Å². The number of carbonyl (C=O) groups is 1. The molecule has 8 heteroatoms. The number of thiazole rings is 1. The van der Waals surface area contributed by atoms with Gasteiger partial charge in [-0.1, -0.05) is 23.5 Å². The van der Waals surface area contributed by atoms with Crippen molar-refractivity contribution in [3.8, 4) is 0 Å². The topological polar surface area (TPSA) is 76.1 Å². The summed E-state index contributed by atoms with van der Waals surface area (Å²) in [6.45, 7) is 0. The minimum absolute atomic E-state index is 0.0800. The Morgan fingerprint density at radius 2 is 1.96 bits per heavy atom. The molecule has 23 heavy (non-hydrogen) atoms. The second-order valence-electron chi connectivity index (χ2n) is 4.85. The van der Waals surface area contributed by atoms with Crippen molar-refractivity contribution in [2.24, 2.45) is 0 Å². The van der Waals surface area contributed by atoms with Crippen LogP contribution in [-0.4, -0.2) is 25.6 Å². The summed E-state index contributed by atoms with van der Waals surface area (Å²) in [6, 6.07) is 10.2. The van der Waals surface area contributed by atoms with E-state index in [0.717, 1.165) is 17.6 Å². The predicted molar refractivity (Wildman–Crippen MR) is 87.1 cm³/mol. The molecule has 118 valence electrons. The van der Waals surface area contributed by atoms with Crippen molar-refractivity contribution in [3.63, 3.8) is 0 Å². The van der Waals surface area contributed by atoms with Gasteiger partial charge in [-0.05, 0) is 30.3 Å². The highest BCUT2D eigenvalue weighted by atomic mass is 32.2. The molecule has 3 aromatic rings. The smallest absolute Gasteiger partial charge is 0.260 e. The maximum atomic E-state index is 13.6. The normalized spacial score (nSPS) is 11.6. The number of rotatable bonds is 3. The van der Waals surface area contributed by atoms with Gasteiger partial charge in [0.15, 0.2) is 15.0 Å². The quantitative estimate of drug-likeness (QED) is 0.787. The second-order valence-corrected chi connectivity index (χ2v) is 7.90. The number of aromatic nitrogens is 1. The van der Waals surface area contributed by atoms with Gasteiger partial charge in [0, 0.05) is 6.26 Å². The average molecular weight is 350 g/mol. The summed E-state index contributed by atoms with van der Waals surface area (Å²) in [6.07, 6.45) is 1.12. The zero-order valence-electron chi connectivity index (χ0n) is 11.9. The lowest BCUT2D eigenvalue weighted by Gasteiger charge is -2.02. The number of halogens is 1. The average Bonchev–Trinajstić information content (AvgIpc) is 2.87. The number of hydrogen-bond acceptors (Lipinski definition) is 5. The summed E-state index contributed by atoms with van der Waals surface area (Å²) in [7, 11) is -3.31. The summed E-state index contributed by atoms with van der Waals surface area (Å²) >= 11 is 1.13. The molecule has 1 N–H and O–H groups in total. The summed E-state index contributed by atoms with van der Waals surface area (Å²) in [5.74, 6) is -1.23. The van der Waals surface area contributed by atoms with Gasteiger partial charge in [0.05, 0.1) is 20.7 Å². The first-order chi connectivity index (χ1) is 10.8. The van der Waals surface area contributed by atoms with Gasteiger partial charge in [-0.3, -0.25) is 10.1 Å². The first-order valence-electron chi connectivity index (χ1n) is 6.51. The highest BCUT2D eigenvalue weighted by molar-refractivity contribution is 7.90. The Morgan fingerprint density at radius 1 is 1.22 bits per heavy atom. The zero-order chi connectivity index (χ0) is 16.6. The Balaban J connectivity index is 1.92. The summed E-state index contributed by atoms with van der Waals surface area (Å²) < 4.78 is 37.3. The maximum absolute atomic E-state index is 13.6. The zero-order valence-corrected chi connectivity index (χ0v) is 13.5. The van der Waals surface area contributed by atoms with Crippen LogP contribution in [0.15, 0.2) is 47.4 Å². The molecule has 1 amide bonds. The van der Waals surface area contributed by atoms with Crippen molar-refractivity contribution in [2.75, 3.05) is 11.6 Å². The van der Waals surface area contributed by atoms with Crippen LogP contribution in [0.5, 0.6) is 0 Å². The highest BCUT2D eigenvalue weighted by Gasteiger charge is 2.15. The van der Waals surface area contributed by atoms with Crippen LogP contribution in [0.1, 0.15) is 10.4 Å². The minimum Gasteiger partial charge on any atom is -0.298 e. The van der Waals surface area contributed by atoms with Gasteiger partial charge in [0.2, 0.25) is 0 Å². The Morgan fingerprint density at radius 3 is 2.65 bits per heavy atom. The van der Waals surface area contributed by atoms with Gasteiger partial charge >= 0.3 is 0 Å². The van der Waals surface area contributed by atoms with Crippen LogP contribution < -0.4 is 5.32 Å². The van der Waals surface area contributed by atoms with Gasteiger partial charge in [-0.15, -0.1) is 0 Å². The molecule has 1 heterocycles. The molecule has 0 unspecified atom stereocenters. The lowest BCUT2D eigenvalue weighted by atomic mass is 10.2. The maximum Gasteiger partial charge on any atom is 0.260 e. The van der Waals surface area contributed by atoms with E-state index in [1.165, 1.54) is 30.3 Å². The van der Waals surface area contributed by atoms with Crippen LogP contribution in [-0.2, 0) is 9.84 Å². The summed E-state index contributed by atoms with van der Waals surface area (Å²) in [5, 5.41) is 2.80. The molecule has 0 radical (unpaired) electrons. The van der Waals surface area contributed by atoms with E-state index in [0.29, 0.717) is 10.2 Å². The monoisotopic (exact) mass is 350 g/mol. The molecule has 0 saturated heterocycles. The van der Waals surface area contributed by atoms with Crippen molar-refractivity contribution in [3.05, 3.63) is 53.8 Å². The number of nitrogens with zero attached hydrogens (tertiary/aromatic N) is 1. The van der Waals surface area contributed by atoms with E-state index in [9.17, 15) is 17.6 Å². The molecule has 0 bridgehead atoms. The lowest BCUT2D eigenvalue weighted by Crippen LogP contribution is -2.13. The number of carbonyl (C=O) groups excluding carboxylic acids is 1. The van der Waals surface area contributed by atoms with E-state index >= 15 is 0 Å². The molecule has 5 nitrogen and oxygen atoms in total. The van der Waals surface area contributed by atoms with E-state index < -0.39 is 21.6 Å². The fourth-order valence-electron chi connectivity index (χ4n) is 2.00. The molecule has 1 aromatic heterocycles. The van der Waals surface area contributed by atoms with Crippen LogP contribution in [0.2, 0.25) is 0 Å². The van der Waals surface area contributed by atoms with Gasteiger partial charge < -0.3 is 0 Å². The van der Waals surface area contributed by atoms with Gasteiger partial charge in [0.1, 0.15) is 5.82 Å². The highest BCUT2D eigenvalue weighted by Crippen LogP contribution is 2.28.